The Labute approximate surface area is 175 Å². The summed E-state index contributed by atoms with van der Waals surface area (Å²) in [5.41, 5.74) is 0.304. The van der Waals surface area contributed by atoms with Gasteiger partial charge >= 0.3 is 6.03 Å². The monoisotopic (exact) mass is 421 g/mol. The third-order valence-corrected chi connectivity index (χ3v) is 6.89. The van der Waals surface area contributed by atoms with Gasteiger partial charge in [0.2, 0.25) is 0 Å². The van der Waals surface area contributed by atoms with Crippen molar-refractivity contribution in [1.82, 2.24) is 15.1 Å². The molecule has 1 aliphatic carbocycles. The molecule has 3 fully saturated rings. The van der Waals surface area contributed by atoms with E-state index in [0.717, 1.165) is 19.1 Å². The van der Waals surface area contributed by atoms with Crippen molar-refractivity contribution >= 4 is 12.3 Å². The van der Waals surface area contributed by atoms with Crippen molar-refractivity contribution in [2.75, 3.05) is 39.8 Å². The summed E-state index contributed by atoms with van der Waals surface area (Å²) in [6, 6.07) is 4.05. The quantitative estimate of drug-likeness (QED) is 0.716. The minimum Gasteiger partial charge on any atom is -0.369 e. The molecule has 0 aromatic heterocycles. The van der Waals surface area contributed by atoms with E-state index >= 15 is 0 Å². The third-order valence-electron chi connectivity index (χ3n) is 6.89. The van der Waals surface area contributed by atoms with Crippen LogP contribution in [0, 0.1) is 23.0 Å². The van der Waals surface area contributed by atoms with Gasteiger partial charge in [0.05, 0.1) is 12.1 Å². The van der Waals surface area contributed by atoms with E-state index in [1.54, 1.807) is 0 Å². The molecule has 2 amide bonds. The predicted molar refractivity (Wildman–Crippen MR) is 107 cm³/mol. The van der Waals surface area contributed by atoms with Gasteiger partial charge in [-0.15, -0.1) is 0 Å². The molecule has 1 aromatic carbocycles. The van der Waals surface area contributed by atoms with Crippen LogP contribution in [0.5, 0.6) is 0 Å². The van der Waals surface area contributed by atoms with Crippen LogP contribution in [0.1, 0.15) is 24.8 Å². The van der Waals surface area contributed by atoms with Crippen LogP contribution in [-0.4, -0.2) is 74.1 Å². The van der Waals surface area contributed by atoms with Crippen LogP contribution < -0.4 is 5.32 Å². The average Bonchev–Trinajstić information content (AvgIpc) is 2.68. The summed E-state index contributed by atoms with van der Waals surface area (Å²) in [7, 11) is 1.83. The fraction of sp³-hybridized carbons (Fsp3) is 0.636. The predicted octanol–water partition coefficient (Wildman–Crippen LogP) is 2.22. The molecule has 3 aliphatic rings. The zero-order valence-corrected chi connectivity index (χ0v) is 17.3. The molecule has 2 aliphatic heterocycles. The Morgan fingerprint density at radius 1 is 1.27 bits per heavy atom. The SMILES string of the molecule is CNC1CN(C(=O)N2CC3(CC(Cc4c(F)cccc4F)C3)C2)CCC1OCC=O. The van der Waals surface area contributed by atoms with E-state index < -0.39 is 11.6 Å². The summed E-state index contributed by atoms with van der Waals surface area (Å²) < 4.78 is 33.3. The van der Waals surface area contributed by atoms with E-state index in [2.05, 4.69) is 5.32 Å². The fourth-order valence-corrected chi connectivity index (χ4v) is 5.43. The second-order valence-electron chi connectivity index (χ2n) is 8.99. The van der Waals surface area contributed by atoms with E-state index in [9.17, 15) is 18.4 Å². The molecule has 164 valence electrons. The van der Waals surface area contributed by atoms with Crippen molar-refractivity contribution in [2.45, 2.75) is 37.8 Å². The van der Waals surface area contributed by atoms with Crippen LogP contribution >= 0.6 is 0 Å². The summed E-state index contributed by atoms with van der Waals surface area (Å²) in [6.07, 6.45) is 3.61. The van der Waals surface area contributed by atoms with E-state index in [0.29, 0.717) is 39.0 Å². The van der Waals surface area contributed by atoms with Crippen molar-refractivity contribution in [1.29, 1.82) is 0 Å². The Morgan fingerprint density at radius 3 is 2.60 bits per heavy atom. The Bertz CT molecular complexity index is 772. The highest BCUT2D eigenvalue weighted by Gasteiger charge is 2.54. The average molecular weight is 421 g/mol. The Morgan fingerprint density at radius 2 is 1.97 bits per heavy atom. The van der Waals surface area contributed by atoms with Crippen molar-refractivity contribution in [3.63, 3.8) is 0 Å². The van der Waals surface area contributed by atoms with Crippen LogP contribution in [0.15, 0.2) is 18.2 Å². The van der Waals surface area contributed by atoms with Crippen LogP contribution in [0.2, 0.25) is 0 Å². The van der Waals surface area contributed by atoms with E-state index in [1.165, 1.54) is 18.2 Å². The van der Waals surface area contributed by atoms with Gasteiger partial charge in [0.25, 0.3) is 0 Å². The number of rotatable bonds is 6. The first-order chi connectivity index (χ1) is 14.4. The van der Waals surface area contributed by atoms with Gasteiger partial charge in [0.1, 0.15) is 24.5 Å². The number of ether oxygens (including phenoxy) is 1. The number of hydrogen-bond acceptors (Lipinski definition) is 4. The lowest BCUT2D eigenvalue weighted by Gasteiger charge is -2.60. The number of amides is 2. The molecule has 1 aromatic rings. The molecule has 2 unspecified atom stereocenters. The van der Waals surface area contributed by atoms with E-state index in [-0.39, 0.29) is 41.7 Å². The Hall–Kier alpha value is -2.06. The van der Waals surface area contributed by atoms with Gasteiger partial charge in [-0.3, -0.25) is 0 Å². The van der Waals surface area contributed by atoms with Crippen LogP contribution in [0.3, 0.4) is 0 Å². The largest absolute Gasteiger partial charge is 0.369 e. The topological polar surface area (TPSA) is 61.9 Å². The zero-order chi connectivity index (χ0) is 21.3. The second kappa shape index (κ2) is 8.59. The van der Waals surface area contributed by atoms with Gasteiger partial charge in [-0.05, 0) is 50.8 Å². The molecule has 1 spiro atoms. The van der Waals surface area contributed by atoms with Gasteiger partial charge < -0.3 is 24.6 Å². The number of urea groups is 1. The number of carbonyl (C=O) groups excluding carboxylic acids is 2. The molecule has 1 N–H and O–H groups in total. The number of hydrogen-bond donors (Lipinski definition) is 1. The molecule has 0 radical (unpaired) electrons. The van der Waals surface area contributed by atoms with Gasteiger partial charge in [0.15, 0.2) is 0 Å². The first-order valence-corrected chi connectivity index (χ1v) is 10.6. The number of nitrogens with one attached hydrogen (secondary N) is 1. The smallest absolute Gasteiger partial charge is 0.320 e. The van der Waals surface area contributed by atoms with Crippen molar-refractivity contribution < 1.29 is 23.1 Å². The van der Waals surface area contributed by atoms with Crippen LogP contribution in [0.25, 0.3) is 0 Å². The van der Waals surface area contributed by atoms with Gasteiger partial charge in [-0.25, -0.2) is 13.6 Å². The summed E-state index contributed by atoms with van der Waals surface area (Å²) in [4.78, 5) is 27.2. The third kappa shape index (κ3) is 4.07. The number of halogens is 2. The van der Waals surface area contributed by atoms with Gasteiger partial charge in [-0.2, -0.15) is 0 Å². The van der Waals surface area contributed by atoms with Crippen LogP contribution in [-0.2, 0) is 16.0 Å². The van der Waals surface area contributed by atoms with Gasteiger partial charge in [-0.1, -0.05) is 6.07 Å². The lowest BCUT2D eigenvalue weighted by Crippen LogP contribution is -2.67. The highest BCUT2D eigenvalue weighted by atomic mass is 19.1. The van der Waals surface area contributed by atoms with Crippen molar-refractivity contribution in [2.24, 2.45) is 11.3 Å². The van der Waals surface area contributed by atoms with Gasteiger partial charge in [0, 0.05) is 37.2 Å². The number of aldehydes is 1. The lowest BCUT2D eigenvalue weighted by atomic mass is 9.56. The molecule has 30 heavy (non-hydrogen) atoms. The molecular weight excluding hydrogens is 392 g/mol. The fourth-order valence-electron chi connectivity index (χ4n) is 5.43. The molecule has 6 nitrogen and oxygen atoms in total. The molecule has 4 rings (SSSR count). The number of piperidine rings is 1. The Kier molecular flexibility index (Phi) is 6.06. The number of carbonyl (C=O) groups is 2. The van der Waals surface area contributed by atoms with E-state index in [4.69, 9.17) is 4.74 Å². The van der Waals surface area contributed by atoms with Crippen LogP contribution in [0.4, 0.5) is 13.6 Å². The molecule has 1 saturated carbocycles. The highest BCUT2D eigenvalue weighted by Crippen LogP contribution is 2.53. The maximum atomic E-state index is 13.9. The first kappa shape index (κ1) is 21.2. The molecule has 0 bridgehead atoms. The summed E-state index contributed by atoms with van der Waals surface area (Å²) in [5.74, 6) is -0.671. The highest BCUT2D eigenvalue weighted by molar-refractivity contribution is 5.76. The Balaban J connectivity index is 1.24. The summed E-state index contributed by atoms with van der Waals surface area (Å²) in [6.45, 7) is 2.67. The molecule has 8 heteroatoms. The van der Waals surface area contributed by atoms with E-state index in [1.807, 2.05) is 16.8 Å². The number of likely N-dealkylation sites (N-methyl/N-ethyl adjacent to an activating group) is 1. The van der Waals surface area contributed by atoms with Crippen molar-refractivity contribution in [3.05, 3.63) is 35.4 Å². The lowest BCUT2D eigenvalue weighted by molar-refractivity contribution is -0.115. The molecular formula is C22H29F2N3O3. The molecule has 2 saturated heterocycles. The zero-order valence-electron chi connectivity index (χ0n) is 17.3. The number of likely N-dealkylation sites (tertiary alicyclic amines) is 2. The second-order valence-corrected chi connectivity index (χ2v) is 8.99. The minimum atomic E-state index is -0.471. The minimum absolute atomic E-state index is 0.00151. The summed E-state index contributed by atoms with van der Waals surface area (Å²) >= 11 is 0. The number of benzene rings is 1. The molecule has 2 atom stereocenters. The van der Waals surface area contributed by atoms with Crippen molar-refractivity contribution in [3.8, 4) is 0 Å². The standard InChI is InChI=1S/C22H29F2N3O3/c1-25-19-12-26(6-5-20(19)30-8-7-28)21(29)27-13-22(14-27)10-15(11-22)9-16-17(23)3-2-4-18(16)24/h2-4,7,15,19-20,25H,5-6,8-14H2,1H3. The maximum Gasteiger partial charge on any atom is 0.320 e. The number of nitrogens with zero attached hydrogens (tertiary/aromatic N) is 2. The normalized spacial score (nSPS) is 25.7. The first-order valence-electron chi connectivity index (χ1n) is 10.6. The molecule has 2 heterocycles. The maximum absolute atomic E-state index is 13.9. The summed E-state index contributed by atoms with van der Waals surface area (Å²) in [5, 5.41) is 3.18.